The normalized spacial score (nSPS) is 14.5. The van der Waals surface area contributed by atoms with E-state index in [0.29, 0.717) is 43.2 Å². The second kappa shape index (κ2) is 10.1. The third-order valence-corrected chi connectivity index (χ3v) is 5.27. The quantitative estimate of drug-likeness (QED) is 0.747. The molecule has 1 fully saturated rings. The molecule has 150 valence electrons. The van der Waals surface area contributed by atoms with Crippen molar-refractivity contribution in [2.45, 2.75) is 6.92 Å². The van der Waals surface area contributed by atoms with E-state index in [-0.39, 0.29) is 11.9 Å². The summed E-state index contributed by atoms with van der Waals surface area (Å²) < 4.78 is 5.56. The number of hydrogen-bond donors (Lipinski definition) is 2. The van der Waals surface area contributed by atoms with Gasteiger partial charge in [-0.3, -0.25) is 9.69 Å². The number of amides is 3. The number of rotatable bonds is 7. The van der Waals surface area contributed by atoms with Crippen LogP contribution in [-0.4, -0.2) is 67.6 Å². The predicted molar refractivity (Wildman–Crippen MR) is 111 cm³/mol. The fourth-order valence-corrected chi connectivity index (χ4v) is 3.68. The minimum atomic E-state index is -0.113. The van der Waals surface area contributed by atoms with Crippen molar-refractivity contribution in [3.8, 4) is 5.75 Å². The van der Waals surface area contributed by atoms with E-state index in [9.17, 15) is 9.59 Å². The van der Waals surface area contributed by atoms with Crippen LogP contribution in [0.25, 0.3) is 0 Å². The number of anilines is 1. The van der Waals surface area contributed by atoms with E-state index in [1.165, 1.54) is 11.3 Å². The smallest absolute Gasteiger partial charge is 0.322 e. The van der Waals surface area contributed by atoms with E-state index in [1.54, 1.807) is 0 Å². The Balaban J connectivity index is 1.40. The molecule has 0 aliphatic carbocycles. The number of carbonyl (C=O) groups excluding carboxylic acids is 2. The molecule has 1 aromatic carbocycles. The van der Waals surface area contributed by atoms with Crippen molar-refractivity contribution in [1.82, 2.24) is 15.1 Å². The molecule has 8 heteroatoms. The lowest BCUT2D eigenvalue weighted by Crippen LogP contribution is -2.51. The van der Waals surface area contributed by atoms with Crippen molar-refractivity contribution in [1.29, 1.82) is 0 Å². The fraction of sp³-hybridized carbons (Fsp3) is 0.400. The number of nitrogens with zero attached hydrogens (tertiary/aromatic N) is 2. The molecular formula is C20H26N4O3S. The molecule has 0 atom stereocenters. The predicted octanol–water partition coefficient (Wildman–Crippen LogP) is 2.73. The van der Waals surface area contributed by atoms with Gasteiger partial charge in [0, 0.05) is 50.2 Å². The summed E-state index contributed by atoms with van der Waals surface area (Å²) in [7, 11) is 0. The largest absolute Gasteiger partial charge is 0.492 e. The lowest BCUT2D eigenvalue weighted by Gasteiger charge is -2.34. The van der Waals surface area contributed by atoms with Gasteiger partial charge < -0.3 is 20.3 Å². The van der Waals surface area contributed by atoms with Crippen molar-refractivity contribution in [3.05, 3.63) is 46.7 Å². The molecule has 0 saturated carbocycles. The van der Waals surface area contributed by atoms with Crippen LogP contribution < -0.4 is 15.4 Å². The number of nitrogens with one attached hydrogen (secondary N) is 2. The highest BCUT2D eigenvalue weighted by Crippen LogP contribution is 2.24. The summed E-state index contributed by atoms with van der Waals surface area (Å²) in [5.41, 5.74) is 1.40. The standard InChI is InChI=1S/C20H26N4O3S/c1-2-27-18-6-4-3-5-17(18)22-20(26)24-12-10-23(11-13-24)9-8-21-19(25)16-7-14-28-15-16/h3-7,14-15H,2,8-13H2,1H3,(H,21,25)(H,22,26). The Kier molecular flexibility index (Phi) is 7.27. The second-order valence-corrected chi connectivity index (χ2v) is 7.24. The summed E-state index contributed by atoms with van der Waals surface area (Å²) in [5, 5.41) is 9.62. The van der Waals surface area contributed by atoms with Crippen molar-refractivity contribution in [2.75, 3.05) is 51.2 Å². The molecule has 3 amide bonds. The molecule has 2 heterocycles. The summed E-state index contributed by atoms with van der Waals surface area (Å²) in [5.74, 6) is 0.644. The summed E-state index contributed by atoms with van der Waals surface area (Å²) >= 11 is 1.51. The van der Waals surface area contributed by atoms with Crippen LogP contribution in [-0.2, 0) is 0 Å². The van der Waals surface area contributed by atoms with E-state index >= 15 is 0 Å². The molecule has 2 N–H and O–H groups in total. The van der Waals surface area contributed by atoms with Gasteiger partial charge in [-0.1, -0.05) is 12.1 Å². The van der Waals surface area contributed by atoms with Gasteiger partial charge in [0.1, 0.15) is 5.75 Å². The molecule has 0 radical (unpaired) electrons. The number of carbonyl (C=O) groups is 2. The van der Waals surface area contributed by atoms with E-state index in [1.807, 2.05) is 52.9 Å². The highest BCUT2D eigenvalue weighted by Gasteiger charge is 2.21. The van der Waals surface area contributed by atoms with Gasteiger partial charge in [0.15, 0.2) is 0 Å². The summed E-state index contributed by atoms with van der Waals surface area (Å²) in [6.45, 7) is 6.72. The summed E-state index contributed by atoms with van der Waals surface area (Å²) in [6, 6.07) is 9.16. The third kappa shape index (κ3) is 5.46. The van der Waals surface area contributed by atoms with Crippen LogP contribution in [0.15, 0.2) is 41.1 Å². The third-order valence-electron chi connectivity index (χ3n) is 4.58. The van der Waals surface area contributed by atoms with Gasteiger partial charge >= 0.3 is 6.03 Å². The van der Waals surface area contributed by atoms with Crippen LogP contribution in [0.1, 0.15) is 17.3 Å². The molecule has 0 spiro atoms. The van der Waals surface area contributed by atoms with Gasteiger partial charge in [0.05, 0.1) is 12.3 Å². The number of urea groups is 1. The Morgan fingerprint density at radius 3 is 2.64 bits per heavy atom. The monoisotopic (exact) mass is 402 g/mol. The van der Waals surface area contributed by atoms with Crippen molar-refractivity contribution in [3.63, 3.8) is 0 Å². The van der Waals surface area contributed by atoms with Gasteiger partial charge in [-0.2, -0.15) is 11.3 Å². The first-order valence-corrected chi connectivity index (χ1v) is 10.4. The van der Waals surface area contributed by atoms with Gasteiger partial charge in [-0.25, -0.2) is 4.79 Å². The molecule has 1 aliphatic rings. The number of thiophene rings is 1. The van der Waals surface area contributed by atoms with Crippen molar-refractivity contribution >= 4 is 29.0 Å². The molecule has 0 unspecified atom stereocenters. The van der Waals surface area contributed by atoms with Crippen molar-refractivity contribution < 1.29 is 14.3 Å². The molecule has 0 bridgehead atoms. The SMILES string of the molecule is CCOc1ccccc1NC(=O)N1CCN(CCNC(=O)c2ccsc2)CC1. The zero-order chi connectivity index (χ0) is 19.8. The highest BCUT2D eigenvalue weighted by molar-refractivity contribution is 7.08. The number of para-hydroxylation sites is 2. The highest BCUT2D eigenvalue weighted by atomic mass is 32.1. The van der Waals surface area contributed by atoms with Crippen LogP contribution in [0.2, 0.25) is 0 Å². The Morgan fingerprint density at radius 2 is 1.93 bits per heavy atom. The maximum atomic E-state index is 12.6. The lowest BCUT2D eigenvalue weighted by molar-refractivity contribution is 0.0943. The number of hydrogen-bond acceptors (Lipinski definition) is 5. The number of benzene rings is 1. The van der Waals surface area contributed by atoms with Gasteiger partial charge in [-0.15, -0.1) is 0 Å². The lowest BCUT2D eigenvalue weighted by atomic mass is 10.3. The van der Waals surface area contributed by atoms with Crippen LogP contribution >= 0.6 is 11.3 Å². The zero-order valence-electron chi connectivity index (χ0n) is 16.0. The van der Waals surface area contributed by atoms with Gasteiger partial charge in [-0.05, 0) is 30.5 Å². The van der Waals surface area contributed by atoms with Crippen LogP contribution in [0.4, 0.5) is 10.5 Å². The molecule has 1 aromatic heterocycles. The molecule has 2 aromatic rings. The molecule has 28 heavy (non-hydrogen) atoms. The van der Waals surface area contributed by atoms with Gasteiger partial charge in [0.25, 0.3) is 5.91 Å². The van der Waals surface area contributed by atoms with Gasteiger partial charge in [0.2, 0.25) is 0 Å². The first kappa shape index (κ1) is 20.2. The van der Waals surface area contributed by atoms with Crippen LogP contribution in [0.3, 0.4) is 0 Å². The first-order chi connectivity index (χ1) is 13.7. The molecule has 1 saturated heterocycles. The van der Waals surface area contributed by atoms with E-state index in [2.05, 4.69) is 15.5 Å². The van der Waals surface area contributed by atoms with Crippen molar-refractivity contribution in [2.24, 2.45) is 0 Å². The van der Waals surface area contributed by atoms with E-state index in [0.717, 1.165) is 19.6 Å². The molecule has 1 aliphatic heterocycles. The molecule has 3 rings (SSSR count). The average Bonchev–Trinajstić information content (AvgIpc) is 3.25. The number of ether oxygens (including phenoxy) is 1. The second-order valence-electron chi connectivity index (χ2n) is 6.46. The molecule has 7 nitrogen and oxygen atoms in total. The van der Waals surface area contributed by atoms with Crippen LogP contribution in [0.5, 0.6) is 5.75 Å². The topological polar surface area (TPSA) is 73.9 Å². The Morgan fingerprint density at radius 1 is 1.14 bits per heavy atom. The Hall–Kier alpha value is -2.58. The van der Waals surface area contributed by atoms with Crippen LogP contribution in [0, 0.1) is 0 Å². The van der Waals surface area contributed by atoms with E-state index < -0.39 is 0 Å². The Labute approximate surface area is 169 Å². The fourth-order valence-electron chi connectivity index (χ4n) is 3.04. The minimum Gasteiger partial charge on any atom is -0.492 e. The number of piperazine rings is 1. The summed E-state index contributed by atoms with van der Waals surface area (Å²) in [4.78, 5) is 28.6. The summed E-state index contributed by atoms with van der Waals surface area (Å²) in [6.07, 6.45) is 0. The molecular weight excluding hydrogens is 376 g/mol. The zero-order valence-corrected chi connectivity index (χ0v) is 16.8. The maximum absolute atomic E-state index is 12.6. The first-order valence-electron chi connectivity index (χ1n) is 9.48. The average molecular weight is 403 g/mol. The Bertz CT molecular complexity index is 774. The van der Waals surface area contributed by atoms with E-state index in [4.69, 9.17) is 4.74 Å². The maximum Gasteiger partial charge on any atom is 0.322 e. The minimum absolute atomic E-state index is 0.0350.